The summed E-state index contributed by atoms with van der Waals surface area (Å²) in [5.41, 5.74) is 3.66. The van der Waals surface area contributed by atoms with E-state index < -0.39 is 10.0 Å². The molecule has 4 unspecified atom stereocenters. The Morgan fingerprint density at radius 3 is 2.65 bits per heavy atom. The van der Waals surface area contributed by atoms with Gasteiger partial charge in [0.1, 0.15) is 0 Å². The van der Waals surface area contributed by atoms with Gasteiger partial charge < -0.3 is 10.1 Å². The predicted octanol–water partition coefficient (Wildman–Crippen LogP) is 4.64. The van der Waals surface area contributed by atoms with E-state index in [2.05, 4.69) is 37.7 Å². The van der Waals surface area contributed by atoms with Crippen LogP contribution in [0.15, 0.2) is 11.1 Å². The minimum atomic E-state index is -3.13. The van der Waals surface area contributed by atoms with Gasteiger partial charge in [-0.3, -0.25) is 0 Å². The number of hydrogen-bond acceptors (Lipinski definition) is 4. The highest BCUT2D eigenvalue weighted by molar-refractivity contribution is 7.88. The van der Waals surface area contributed by atoms with Crippen molar-refractivity contribution in [3.63, 3.8) is 0 Å². The first-order valence-electron chi connectivity index (χ1n) is 14.1. The number of allylic oxidation sites excluding steroid dienone is 1. The summed E-state index contributed by atoms with van der Waals surface area (Å²) in [7, 11) is -3.13. The molecule has 4 aliphatic carbocycles. The lowest BCUT2D eigenvalue weighted by molar-refractivity contribution is -0.0596. The Morgan fingerprint density at radius 1 is 1.09 bits per heavy atom. The fourth-order valence-electron chi connectivity index (χ4n) is 10.1. The molecule has 11 atom stereocenters. The Kier molecular flexibility index (Phi) is 5.66. The van der Waals surface area contributed by atoms with Gasteiger partial charge in [-0.05, 0) is 112 Å². The van der Waals surface area contributed by atoms with E-state index in [0.717, 1.165) is 43.6 Å². The van der Waals surface area contributed by atoms with Crippen molar-refractivity contribution in [2.24, 2.45) is 40.9 Å². The standard InChI is InChI=1S/C28H46N2O3S/c1-16-12-25-26(29-15-16)18(3)28(33-25)11-9-21-22-7-6-19-13-20(30-34(5,31)32)8-10-27(19,4)24(22)14-23(21)17(28)2/h16,18-22,24-26,29-30H,6-15H2,1-5H3/t16-,18+,19+,20+,21-,22?,24-,25+,26?,27?,28?/m0/s1. The maximum Gasteiger partial charge on any atom is 0.208 e. The minimum absolute atomic E-state index is 0.0525. The first-order valence-corrected chi connectivity index (χ1v) is 16.0. The summed E-state index contributed by atoms with van der Waals surface area (Å²) in [5.74, 6) is 4.22. The van der Waals surface area contributed by atoms with Crippen molar-refractivity contribution < 1.29 is 13.2 Å². The number of nitrogens with one attached hydrogen (secondary N) is 2. The van der Waals surface area contributed by atoms with Gasteiger partial charge in [-0.1, -0.05) is 26.3 Å². The van der Waals surface area contributed by atoms with Crippen molar-refractivity contribution >= 4 is 10.0 Å². The number of rotatable bonds is 2. The monoisotopic (exact) mass is 490 g/mol. The van der Waals surface area contributed by atoms with Crippen LogP contribution in [0.5, 0.6) is 0 Å². The molecule has 0 aromatic carbocycles. The normalized spacial score (nSPS) is 52.8. The number of piperidine rings is 1. The maximum atomic E-state index is 11.9. The van der Waals surface area contributed by atoms with Gasteiger partial charge in [-0.2, -0.15) is 0 Å². The summed E-state index contributed by atoms with van der Waals surface area (Å²) in [6.07, 6.45) is 12.4. The Labute approximate surface area is 207 Å². The van der Waals surface area contributed by atoms with Crippen LogP contribution in [0.25, 0.3) is 0 Å². The van der Waals surface area contributed by atoms with Gasteiger partial charge in [0.2, 0.25) is 10.0 Å². The lowest BCUT2D eigenvalue weighted by Crippen LogP contribution is -2.50. The molecule has 1 spiro atoms. The van der Waals surface area contributed by atoms with Crippen LogP contribution in [-0.4, -0.2) is 45.0 Å². The third kappa shape index (κ3) is 3.52. The van der Waals surface area contributed by atoms with Crippen molar-refractivity contribution in [2.45, 2.75) is 109 Å². The first kappa shape index (κ1) is 23.9. The fourth-order valence-corrected chi connectivity index (χ4v) is 10.9. The Balaban J connectivity index is 1.26. The topological polar surface area (TPSA) is 67.4 Å². The lowest BCUT2D eigenvalue weighted by Gasteiger charge is -2.54. The van der Waals surface area contributed by atoms with E-state index in [1.54, 1.807) is 11.1 Å². The van der Waals surface area contributed by atoms with Gasteiger partial charge in [0.25, 0.3) is 0 Å². The Hall–Kier alpha value is -0.430. The van der Waals surface area contributed by atoms with Crippen LogP contribution in [0.1, 0.15) is 85.5 Å². The molecule has 0 bridgehead atoms. The zero-order valence-corrected chi connectivity index (χ0v) is 22.7. The summed E-state index contributed by atoms with van der Waals surface area (Å²) in [6, 6.07) is 0.634. The zero-order chi connectivity index (χ0) is 24.0. The molecule has 34 heavy (non-hydrogen) atoms. The van der Waals surface area contributed by atoms with Crippen molar-refractivity contribution in [1.29, 1.82) is 0 Å². The average Bonchev–Trinajstić information content (AvgIpc) is 3.27. The second kappa shape index (κ2) is 8.03. The van der Waals surface area contributed by atoms with E-state index in [4.69, 9.17) is 4.74 Å². The van der Waals surface area contributed by atoms with Crippen molar-refractivity contribution in [1.82, 2.24) is 10.0 Å². The molecule has 3 saturated carbocycles. The molecule has 0 radical (unpaired) electrons. The molecular weight excluding hydrogens is 444 g/mol. The van der Waals surface area contributed by atoms with Crippen LogP contribution < -0.4 is 10.0 Å². The van der Waals surface area contributed by atoms with Crippen LogP contribution in [0, 0.1) is 40.9 Å². The molecule has 192 valence electrons. The summed E-state index contributed by atoms with van der Waals surface area (Å²) >= 11 is 0. The third-order valence-electron chi connectivity index (χ3n) is 11.8. The van der Waals surface area contributed by atoms with Gasteiger partial charge >= 0.3 is 0 Å². The van der Waals surface area contributed by atoms with Crippen molar-refractivity contribution in [3.8, 4) is 0 Å². The summed E-state index contributed by atoms with van der Waals surface area (Å²) in [5, 5.41) is 3.85. The summed E-state index contributed by atoms with van der Waals surface area (Å²) < 4.78 is 33.7. The highest BCUT2D eigenvalue weighted by Gasteiger charge is 2.61. The number of sulfonamides is 1. The molecular formula is C28H46N2O3S. The van der Waals surface area contributed by atoms with E-state index in [9.17, 15) is 8.42 Å². The fraction of sp³-hybridized carbons (Fsp3) is 0.929. The van der Waals surface area contributed by atoms with Gasteiger partial charge in [-0.25, -0.2) is 13.1 Å². The largest absolute Gasteiger partial charge is 0.365 e. The van der Waals surface area contributed by atoms with Gasteiger partial charge in [-0.15, -0.1) is 0 Å². The number of hydrogen-bond donors (Lipinski definition) is 2. The second-order valence-corrected chi connectivity index (χ2v) is 15.3. The molecule has 6 rings (SSSR count). The van der Waals surface area contributed by atoms with Crippen LogP contribution >= 0.6 is 0 Å². The van der Waals surface area contributed by atoms with Crippen LogP contribution in [0.2, 0.25) is 0 Å². The molecule has 0 aromatic heterocycles. The van der Waals surface area contributed by atoms with Crippen molar-refractivity contribution in [2.75, 3.05) is 12.8 Å². The molecule has 5 nitrogen and oxygen atoms in total. The highest BCUT2D eigenvalue weighted by atomic mass is 32.2. The SMILES string of the molecule is CC1=C2C[C@H]3C(CC[C@@H]4C[C@H](NS(C)(=O)=O)CCC43C)[C@@H]2CCC12O[C@@H]1C[C@H](C)CNC1[C@H]2C. The number of fused-ring (bicyclic) bond motifs is 6. The molecule has 2 N–H and O–H groups in total. The molecule has 6 heteroatoms. The summed E-state index contributed by atoms with van der Waals surface area (Å²) in [6.45, 7) is 10.9. The maximum absolute atomic E-state index is 11.9. The quantitative estimate of drug-likeness (QED) is 0.554. The Morgan fingerprint density at radius 2 is 1.88 bits per heavy atom. The first-order chi connectivity index (χ1) is 16.0. The molecule has 2 saturated heterocycles. The molecule has 2 heterocycles. The van der Waals surface area contributed by atoms with Gasteiger partial charge in [0.15, 0.2) is 0 Å². The minimum Gasteiger partial charge on any atom is -0.365 e. The molecule has 5 fully saturated rings. The molecule has 2 aliphatic heterocycles. The zero-order valence-electron chi connectivity index (χ0n) is 21.9. The average molecular weight is 491 g/mol. The van der Waals surface area contributed by atoms with E-state index in [1.807, 2.05) is 0 Å². The summed E-state index contributed by atoms with van der Waals surface area (Å²) in [4.78, 5) is 0. The number of ether oxygens (including phenoxy) is 1. The van der Waals surface area contributed by atoms with E-state index in [-0.39, 0.29) is 11.6 Å². The van der Waals surface area contributed by atoms with Crippen LogP contribution in [0.4, 0.5) is 0 Å². The lowest BCUT2D eigenvalue weighted by atomic mass is 9.52. The van der Waals surface area contributed by atoms with Crippen LogP contribution in [-0.2, 0) is 14.8 Å². The predicted molar refractivity (Wildman–Crippen MR) is 136 cm³/mol. The van der Waals surface area contributed by atoms with Crippen molar-refractivity contribution in [3.05, 3.63) is 11.1 Å². The van der Waals surface area contributed by atoms with E-state index in [0.29, 0.717) is 35.3 Å². The molecule has 0 amide bonds. The van der Waals surface area contributed by atoms with Gasteiger partial charge in [0.05, 0.1) is 18.0 Å². The van der Waals surface area contributed by atoms with E-state index in [1.165, 1.54) is 44.8 Å². The third-order valence-corrected chi connectivity index (χ3v) is 12.6. The van der Waals surface area contributed by atoms with Gasteiger partial charge in [0, 0.05) is 18.0 Å². The molecule has 6 aliphatic rings. The van der Waals surface area contributed by atoms with E-state index >= 15 is 0 Å². The van der Waals surface area contributed by atoms with Crippen LogP contribution in [0.3, 0.4) is 0 Å². The highest BCUT2D eigenvalue weighted by Crippen LogP contribution is 2.66. The Bertz CT molecular complexity index is 978. The second-order valence-electron chi connectivity index (χ2n) is 13.5. The smallest absolute Gasteiger partial charge is 0.208 e. The molecule has 0 aromatic rings.